The van der Waals surface area contributed by atoms with Crippen LogP contribution in [0.3, 0.4) is 0 Å². The third-order valence-electron chi connectivity index (χ3n) is 3.25. The standard InChI is InChI=1S/C15H23F3N2/c1-3-5-7-12(6-4-2)20-14-9-8-11(19)10-13(14)15(16,17)18/h8-10,12,20H,3-7,19H2,1-2H3. The molecule has 1 atom stereocenters. The van der Waals surface area contributed by atoms with E-state index in [4.69, 9.17) is 5.73 Å². The Morgan fingerprint density at radius 1 is 1.15 bits per heavy atom. The number of anilines is 2. The first kappa shape index (κ1) is 16.7. The number of halogens is 3. The normalized spacial score (nSPS) is 13.2. The molecule has 0 aliphatic rings. The maximum Gasteiger partial charge on any atom is 0.418 e. The van der Waals surface area contributed by atoms with Crippen molar-refractivity contribution in [2.45, 2.75) is 58.2 Å². The summed E-state index contributed by atoms with van der Waals surface area (Å²) in [5.41, 5.74) is 5.04. The van der Waals surface area contributed by atoms with Crippen molar-refractivity contribution in [1.82, 2.24) is 0 Å². The smallest absolute Gasteiger partial charge is 0.399 e. The molecule has 5 heteroatoms. The van der Waals surface area contributed by atoms with Gasteiger partial charge in [0.2, 0.25) is 0 Å². The lowest BCUT2D eigenvalue weighted by Crippen LogP contribution is -2.22. The van der Waals surface area contributed by atoms with E-state index in [1.54, 1.807) is 0 Å². The van der Waals surface area contributed by atoms with Gasteiger partial charge in [0.15, 0.2) is 0 Å². The van der Waals surface area contributed by atoms with E-state index in [2.05, 4.69) is 12.2 Å². The number of hydrogen-bond acceptors (Lipinski definition) is 2. The molecule has 0 spiro atoms. The molecule has 114 valence electrons. The third kappa shape index (κ3) is 4.94. The molecule has 3 N–H and O–H groups in total. The Kier molecular flexibility index (Phi) is 6.17. The van der Waals surface area contributed by atoms with Gasteiger partial charge in [-0.3, -0.25) is 0 Å². The lowest BCUT2D eigenvalue weighted by atomic mass is 10.0. The quantitative estimate of drug-likeness (QED) is 0.688. The number of unbranched alkanes of at least 4 members (excludes halogenated alkanes) is 1. The van der Waals surface area contributed by atoms with Gasteiger partial charge in [0, 0.05) is 17.4 Å². The fourth-order valence-electron chi connectivity index (χ4n) is 2.23. The minimum Gasteiger partial charge on any atom is -0.399 e. The highest BCUT2D eigenvalue weighted by Gasteiger charge is 2.34. The van der Waals surface area contributed by atoms with Crippen molar-refractivity contribution in [3.63, 3.8) is 0 Å². The van der Waals surface area contributed by atoms with E-state index in [0.29, 0.717) is 0 Å². The fraction of sp³-hybridized carbons (Fsp3) is 0.600. The van der Waals surface area contributed by atoms with Crippen molar-refractivity contribution in [2.75, 3.05) is 11.1 Å². The Morgan fingerprint density at radius 2 is 1.85 bits per heavy atom. The summed E-state index contributed by atoms with van der Waals surface area (Å²) in [5, 5.41) is 3.04. The van der Waals surface area contributed by atoms with E-state index in [1.807, 2.05) is 6.92 Å². The van der Waals surface area contributed by atoms with Crippen LogP contribution in [0.2, 0.25) is 0 Å². The Morgan fingerprint density at radius 3 is 2.40 bits per heavy atom. The number of nitrogen functional groups attached to an aromatic ring is 1. The molecule has 1 aromatic carbocycles. The summed E-state index contributed by atoms with van der Waals surface area (Å²) < 4.78 is 39.1. The minimum absolute atomic E-state index is 0.0738. The molecule has 1 aromatic rings. The predicted octanol–water partition coefficient (Wildman–Crippen LogP) is 5.06. The Labute approximate surface area is 118 Å². The van der Waals surface area contributed by atoms with Crippen LogP contribution in [0.5, 0.6) is 0 Å². The van der Waals surface area contributed by atoms with Gasteiger partial charge in [-0.25, -0.2) is 0 Å². The third-order valence-corrected chi connectivity index (χ3v) is 3.25. The zero-order valence-electron chi connectivity index (χ0n) is 12.1. The highest BCUT2D eigenvalue weighted by molar-refractivity contribution is 5.59. The largest absolute Gasteiger partial charge is 0.418 e. The fourth-order valence-corrected chi connectivity index (χ4v) is 2.23. The van der Waals surface area contributed by atoms with Crippen molar-refractivity contribution in [3.05, 3.63) is 23.8 Å². The van der Waals surface area contributed by atoms with E-state index in [0.717, 1.165) is 38.2 Å². The molecule has 0 aromatic heterocycles. The lowest BCUT2D eigenvalue weighted by molar-refractivity contribution is -0.136. The average molecular weight is 288 g/mol. The number of benzene rings is 1. The van der Waals surface area contributed by atoms with Crippen LogP contribution in [0, 0.1) is 0 Å². The van der Waals surface area contributed by atoms with Crippen LogP contribution in [-0.4, -0.2) is 6.04 Å². The number of hydrogen-bond donors (Lipinski definition) is 2. The van der Waals surface area contributed by atoms with E-state index in [1.165, 1.54) is 12.1 Å². The number of nitrogens with two attached hydrogens (primary N) is 1. The van der Waals surface area contributed by atoms with Crippen LogP contribution in [0.25, 0.3) is 0 Å². The summed E-state index contributed by atoms with van der Waals surface area (Å²) in [6.07, 6.45) is 0.342. The van der Waals surface area contributed by atoms with Gasteiger partial charge in [-0.15, -0.1) is 0 Å². The van der Waals surface area contributed by atoms with Gasteiger partial charge in [0.1, 0.15) is 0 Å². The summed E-state index contributed by atoms with van der Waals surface area (Å²) in [5.74, 6) is 0. The number of rotatable bonds is 7. The summed E-state index contributed by atoms with van der Waals surface area (Å²) in [6.45, 7) is 4.11. The predicted molar refractivity (Wildman–Crippen MR) is 77.7 cm³/mol. The molecule has 0 heterocycles. The maximum atomic E-state index is 13.0. The minimum atomic E-state index is -4.39. The maximum absolute atomic E-state index is 13.0. The first-order valence-electron chi connectivity index (χ1n) is 7.11. The van der Waals surface area contributed by atoms with Gasteiger partial charge in [-0.2, -0.15) is 13.2 Å². The second-order valence-corrected chi connectivity index (χ2v) is 5.07. The molecule has 0 saturated carbocycles. The van der Waals surface area contributed by atoms with Crippen molar-refractivity contribution in [2.24, 2.45) is 0 Å². The van der Waals surface area contributed by atoms with E-state index in [-0.39, 0.29) is 17.4 Å². The first-order valence-corrected chi connectivity index (χ1v) is 7.11. The van der Waals surface area contributed by atoms with Gasteiger partial charge in [0.25, 0.3) is 0 Å². The Hall–Kier alpha value is -1.39. The monoisotopic (exact) mass is 288 g/mol. The number of alkyl halides is 3. The molecule has 0 radical (unpaired) electrons. The van der Waals surface area contributed by atoms with Gasteiger partial charge in [-0.05, 0) is 31.0 Å². The molecule has 1 rings (SSSR count). The summed E-state index contributed by atoms with van der Waals surface area (Å²) in [6, 6.07) is 3.99. The molecule has 1 unspecified atom stereocenters. The molecular formula is C15H23F3N2. The molecular weight excluding hydrogens is 265 g/mol. The zero-order valence-corrected chi connectivity index (χ0v) is 12.1. The summed E-state index contributed by atoms with van der Waals surface area (Å²) in [7, 11) is 0. The van der Waals surface area contributed by atoms with Crippen LogP contribution in [-0.2, 0) is 6.18 Å². The van der Waals surface area contributed by atoms with Crippen molar-refractivity contribution in [1.29, 1.82) is 0 Å². The van der Waals surface area contributed by atoms with E-state index < -0.39 is 11.7 Å². The van der Waals surface area contributed by atoms with Crippen LogP contribution >= 0.6 is 0 Å². The van der Waals surface area contributed by atoms with Crippen LogP contribution < -0.4 is 11.1 Å². The highest BCUT2D eigenvalue weighted by atomic mass is 19.4. The van der Waals surface area contributed by atoms with Gasteiger partial charge in [0.05, 0.1) is 5.56 Å². The Balaban J connectivity index is 2.93. The molecule has 0 amide bonds. The van der Waals surface area contributed by atoms with Crippen LogP contribution in [0.15, 0.2) is 18.2 Å². The molecule has 0 aliphatic carbocycles. The first-order chi connectivity index (χ1) is 9.38. The van der Waals surface area contributed by atoms with Crippen molar-refractivity contribution >= 4 is 11.4 Å². The van der Waals surface area contributed by atoms with Crippen molar-refractivity contribution < 1.29 is 13.2 Å². The van der Waals surface area contributed by atoms with E-state index in [9.17, 15) is 13.2 Å². The zero-order chi connectivity index (χ0) is 15.2. The highest BCUT2D eigenvalue weighted by Crippen LogP contribution is 2.36. The second-order valence-electron chi connectivity index (χ2n) is 5.07. The number of nitrogens with one attached hydrogen (secondary N) is 1. The molecule has 0 saturated heterocycles. The van der Waals surface area contributed by atoms with Gasteiger partial charge < -0.3 is 11.1 Å². The molecule has 0 fully saturated rings. The van der Waals surface area contributed by atoms with Crippen LogP contribution in [0.1, 0.15) is 51.5 Å². The average Bonchev–Trinajstić information content (AvgIpc) is 2.37. The lowest BCUT2D eigenvalue weighted by Gasteiger charge is -2.22. The summed E-state index contributed by atoms with van der Waals surface area (Å²) >= 11 is 0. The molecule has 20 heavy (non-hydrogen) atoms. The molecule has 2 nitrogen and oxygen atoms in total. The van der Waals surface area contributed by atoms with Gasteiger partial charge in [-0.1, -0.05) is 33.1 Å². The van der Waals surface area contributed by atoms with Gasteiger partial charge >= 0.3 is 6.18 Å². The van der Waals surface area contributed by atoms with Crippen LogP contribution in [0.4, 0.5) is 24.5 Å². The Bertz CT molecular complexity index is 416. The summed E-state index contributed by atoms with van der Waals surface area (Å²) in [4.78, 5) is 0. The van der Waals surface area contributed by atoms with Crippen molar-refractivity contribution in [3.8, 4) is 0 Å². The molecule has 0 aliphatic heterocycles. The topological polar surface area (TPSA) is 38.0 Å². The van der Waals surface area contributed by atoms with E-state index >= 15 is 0 Å². The SMILES string of the molecule is CCCCC(CCC)Nc1ccc(N)cc1C(F)(F)F. The second kappa shape index (κ2) is 7.41. The molecule has 0 bridgehead atoms.